The topological polar surface area (TPSA) is 79.8 Å². The predicted molar refractivity (Wildman–Crippen MR) is 144 cm³/mol. The number of nitrogens with zero attached hydrogens (tertiary/aromatic N) is 3. The van der Waals surface area contributed by atoms with Gasteiger partial charge in [0.2, 0.25) is 15.9 Å². The third-order valence-electron chi connectivity index (χ3n) is 6.90. The molecule has 2 fully saturated rings. The van der Waals surface area contributed by atoms with E-state index >= 15 is 0 Å². The highest BCUT2D eigenvalue weighted by atomic mass is 35.5. The molecule has 0 N–H and O–H groups in total. The highest BCUT2D eigenvalue weighted by Crippen LogP contribution is 2.36. The Balaban J connectivity index is 1.35. The van der Waals surface area contributed by atoms with Gasteiger partial charge < -0.3 is 4.74 Å². The van der Waals surface area contributed by atoms with Crippen molar-refractivity contribution in [1.29, 1.82) is 0 Å². The van der Waals surface area contributed by atoms with Crippen molar-refractivity contribution < 1.29 is 17.9 Å². The van der Waals surface area contributed by atoms with Gasteiger partial charge in [-0.3, -0.25) is 9.69 Å². The molecule has 0 bridgehead atoms. The minimum atomic E-state index is -3.64. The lowest BCUT2D eigenvalue weighted by Crippen LogP contribution is -2.46. The number of aromatic nitrogens is 1. The molecular formula is C25H27Cl2N3O4S2. The normalized spacial score (nSPS) is 19.7. The first-order valence-electron chi connectivity index (χ1n) is 12.0. The summed E-state index contributed by atoms with van der Waals surface area (Å²) in [6, 6.07) is 9.95. The van der Waals surface area contributed by atoms with Gasteiger partial charge in [-0.15, -0.1) is 0 Å². The molecule has 0 spiro atoms. The van der Waals surface area contributed by atoms with Crippen molar-refractivity contribution in [1.82, 2.24) is 9.29 Å². The van der Waals surface area contributed by atoms with Crippen molar-refractivity contribution in [2.75, 3.05) is 31.1 Å². The van der Waals surface area contributed by atoms with Crippen LogP contribution in [0.5, 0.6) is 0 Å². The maximum atomic E-state index is 13.8. The number of hydrogen-bond acceptors (Lipinski definition) is 6. The summed E-state index contributed by atoms with van der Waals surface area (Å²) < 4.78 is 34.4. The molecule has 1 atom stereocenters. The summed E-state index contributed by atoms with van der Waals surface area (Å²) >= 11 is 13.7. The zero-order valence-corrected chi connectivity index (χ0v) is 23.0. The summed E-state index contributed by atoms with van der Waals surface area (Å²) in [6.07, 6.45) is 2.74. The van der Waals surface area contributed by atoms with Crippen LogP contribution < -0.4 is 4.90 Å². The van der Waals surface area contributed by atoms with Crippen LogP contribution in [0.3, 0.4) is 0 Å². The second kappa shape index (κ2) is 10.6. The molecule has 7 nitrogen and oxygen atoms in total. The van der Waals surface area contributed by atoms with Crippen molar-refractivity contribution in [2.24, 2.45) is 5.92 Å². The van der Waals surface area contributed by atoms with Gasteiger partial charge >= 0.3 is 0 Å². The summed E-state index contributed by atoms with van der Waals surface area (Å²) in [5, 5.41) is 1.76. The van der Waals surface area contributed by atoms with E-state index in [2.05, 4.69) is 0 Å². The molecule has 11 heteroatoms. The maximum Gasteiger partial charge on any atom is 0.243 e. The molecule has 1 aromatic heterocycles. The number of anilines is 1. The van der Waals surface area contributed by atoms with Gasteiger partial charge in [0.05, 0.1) is 27.8 Å². The summed E-state index contributed by atoms with van der Waals surface area (Å²) in [7, 11) is -3.64. The number of benzene rings is 2. The van der Waals surface area contributed by atoms with E-state index in [1.54, 1.807) is 17.0 Å². The van der Waals surface area contributed by atoms with Gasteiger partial charge in [-0.2, -0.15) is 4.31 Å². The van der Waals surface area contributed by atoms with E-state index in [1.165, 1.54) is 27.8 Å². The zero-order valence-electron chi connectivity index (χ0n) is 19.8. The number of sulfonamides is 1. The fraction of sp³-hybridized carbons (Fsp3) is 0.440. The number of piperidine rings is 1. The minimum absolute atomic E-state index is 0.0307. The van der Waals surface area contributed by atoms with E-state index < -0.39 is 10.0 Å². The molecule has 3 aromatic rings. The quantitative estimate of drug-likeness (QED) is 0.391. The van der Waals surface area contributed by atoms with Crippen molar-refractivity contribution in [3.63, 3.8) is 0 Å². The van der Waals surface area contributed by atoms with E-state index in [-0.39, 0.29) is 35.9 Å². The first-order valence-corrected chi connectivity index (χ1v) is 15.0. The van der Waals surface area contributed by atoms with E-state index in [1.807, 2.05) is 19.1 Å². The molecule has 5 rings (SSSR count). The fourth-order valence-electron chi connectivity index (χ4n) is 4.78. The van der Waals surface area contributed by atoms with Crippen molar-refractivity contribution in [3.05, 3.63) is 52.0 Å². The summed E-state index contributed by atoms with van der Waals surface area (Å²) in [5.41, 5.74) is 1.69. The van der Waals surface area contributed by atoms with Gasteiger partial charge in [0.15, 0.2) is 5.13 Å². The van der Waals surface area contributed by atoms with Crippen LogP contribution in [0.15, 0.2) is 41.3 Å². The third-order valence-corrected chi connectivity index (χ3v) is 10.5. The second-order valence-corrected chi connectivity index (χ2v) is 13.0. The number of ether oxygens (including phenoxy) is 1. The Labute approximate surface area is 225 Å². The molecule has 1 unspecified atom stereocenters. The van der Waals surface area contributed by atoms with E-state index in [0.717, 1.165) is 28.6 Å². The zero-order chi connectivity index (χ0) is 25.4. The summed E-state index contributed by atoms with van der Waals surface area (Å²) in [6.45, 7) is 3.63. The van der Waals surface area contributed by atoms with Gasteiger partial charge in [0.25, 0.3) is 0 Å². The Morgan fingerprint density at radius 3 is 2.53 bits per heavy atom. The van der Waals surface area contributed by atoms with Gasteiger partial charge in [-0.25, -0.2) is 13.4 Å². The van der Waals surface area contributed by atoms with Gasteiger partial charge in [0.1, 0.15) is 0 Å². The van der Waals surface area contributed by atoms with Crippen LogP contribution in [-0.2, 0) is 19.6 Å². The smallest absolute Gasteiger partial charge is 0.243 e. The monoisotopic (exact) mass is 567 g/mol. The Morgan fingerprint density at radius 1 is 1.14 bits per heavy atom. The van der Waals surface area contributed by atoms with Gasteiger partial charge in [0, 0.05) is 35.7 Å². The molecule has 192 valence electrons. The van der Waals surface area contributed by atoms with Crippen molar-refractivity contribution >= 4 is 65.8 Å². The number of carbonyl (C=O) groups is 1. The van der Waals surface area contributed by atoms with Gasteiger partial charge in [-0.1, -0.05) is 34.5 Å². The van der Waals surface area contributed by atoms with Crippen LogP contribution in [0.1, 0.15) is 31.2 Å². The van der Waals surface area contributed by atoms with E-state index in [0.29, 0.717) is 41.2 Å². The number of halogens is 2. The van der Waals surface area contributed by atoms with Crippen LogP contribution in [0.2, 0.25) is 10.0 Å². The number of carbonyl (C=O) groups excluding carboxylic acids is 1. The maximum absolute atomic E-state index is 13.8. The molecule has 1 amide bonds. The number of thiazole rings is 1. The molecule has 0 saturated carbocycles. The van der Waals surface area contributed by atoms with Crippen molar-refractivity contribution in [2.45, 2.75) is 43.6 Å². The lowest BCUT2D eigenvalue weighted by Gasteiger charge is -2.33. The Hall–Kier alpha value is -1.75. The molecule has 36 heavy (non-hydrogen) atoms. The molecule has 3 heterocycles. The molecular weight excluding hydrogens is 541 g/mol. The Kier molecular flexibility index (Phi) is 7.59. The number of rotatable bonds is 6. The van der Waals surface area contributed by atoms with Crippen LogP contribution >= 0.6 is 34.5 Å². The Bertz CT molecular complexity index is 1360. The number of amides is 1. The fourth-order valence-corrected chi connectivity index (χ4v) is 7.57. The SMILES string of the molecule is Cc1c(Cl)ccc2sc(N(CC3CCCO3)C(=O)C3CCN(S(=O)(=O)c4ccc(Cl)cc4)CC3)nc12. The lowest BCUT2D eigenvalue weighted by atomic mass is 9.96. The third kappa shape index (κ3) is 5.14. The van der Waals surface area contributed by atoms with E-state index in [9.17, 15) is 13.2 Å². The minimum Gasteiger partial charge on any atom is -0.376 e. The molecule has 2 aromatic carbocycles. The highest BCUT2D eigenvalue weighted by Gasteiger charge is 2.36. The molecule has 0 aliphatic carbocycles. The number of hydrogen-bond donors (Lipinski definition) is 0. The summed E-state index contributed by atoms with van der Waals surface area (Å²) in [5.74, 6) is -0.323. The largest absolute Gasteiger partial charge is 0.376 e. The average molecular weight is 569 g/mol. The van der Waals surface area contributed by atoms with Crippen LogP contribution in [-0.4, -0.2) is 56.0 Å². The number of aryl methyl sites for hydroxylation is 1. The number of fused-ring (bicyclic) bond motifs is 1. The van der Waals surface area contributed by atoms with Crippen molar-refractivity contribution in [3.8, 4) is 0 Å². The van der Waals surface area contributed by atoms with Crippen LogP contribution in [0, 0.1) is 12.8 Å². The molecule has 0 radical (unpaired) electrons. The molecule has 2 aliphatic rings. The Morgan fingerprint density at radius 2 is 1.86 bits per heavy atom. The van der Waals surface area contributed by atoms with Crippen LogP contribution in [0.4, 0.5) is 5.13 Å². The van der Waals surface area contributed by atoms with Gasteiger partial charge in [-0.05, 0) is 74.6 Å². The predicted octanol–water partition coefficient (Wildman–Crippen LogP) is 5.52. The molecule has 2 saturated heterocycles. The van der Waals surface area contributed by atoms with E-state index in [4.69, 9.17) is 32.9 Å². The highest BCUT2D eigenvalue weighted by molar-refractivity contribution is 7.89. The first kappa shape index (κ1) is 25.9. The first-order chi connectivity index (χ1) is 17.2. The molecule has 2 aliphatic heterocycles. The lowest BCUT2D eigenvalue weighted by molar-refractivity contribution is -0.123. The summed E-state index contributed by atoms with van der Waals surface area (Å²) in [4.78, 5) is 20.6. The second-order valence-electron chi connectivity index (χ2n) is 9.23. The standard InChI is InChI=1S/C25H27Cl2N3O4S2/c1-16-21(27)8-9-22-23(16)28-25(35-22)30(15-19-3-2-14-34-19)24(31)17-10-12-29(13-11-17)36(32,33)20-6-4-18(26)5-7-20/h4-9,17,19H,2-3,10-15H2,1H3. The average Bonchev–Trinajstić information content (AvgIpc) is 3.55. The van der Waals surface area contributed by atoms with Crippen LogP contribution in [0.25, 0.3) is 10.2 Å².